The number of nitrogens with zero attached hydrogens (tertiary/aromatic N) is 2. The predicted octanol–water partition coefficient (Wildman–Crippen LogP) is 5.11. The van der Waals surface area contributed by atoms with Gasteiger partial charge in [0.1, 0.15) is 11.6 Å². The van der Waals surface area contributed by atoms with Crippen molar-refractivity contribution in [3.8, 4) is 17.6 Å². The molecule has 170 valence electrons. The number of para-hydroxylation sites is 1. The standard InChI is InChI=1S/C28H24N2O4/c1-3-33-26-17-20(11-12-25(26)34-28(32)22-9-6-7-19(2)15-22)16-23(18-29)27(31)30-14-13-21-8-4-5-10-24(21)30/h4-12,15-17H,3,13-14H2,1-2H3. The van der Waals surface area contributed by atoms with Crippen molar-refractivity contribution in [2.24, 2.45) is 0 Å². The van der Waals surface area contributed by atoms with E-state index in [2.05, 4.69) is 0 Å². The number of hydrogen-bond acceptors (Lipinski definition) is 5. The van der Waals surface area contributed by atoms with E-state index in [4.69, 9.17) is 9.47 Å². The number of fused-ring (bicyclic) bond motifs is 1. The molecule has 0 aliphatic carbocycles. The lowest BCUT2D eigenvalue weighted by Gasteiger charge is -2.16. The van der Waals surface area contributed by atoms with Crippen LogP contribution in [0.4, 0.5) is 5.69 Å². The lowest BCUT2D eigenvalue weighted by Crippen LogP contribution is -2.29. The average Bonchev–Trinajstić information content (AvgIpc) is 3.28. The van der Waals surface area contributed by atoms with Crippen LogP contribution in [0.1, 0.15) is 34.0 Å². The third kappa shape index (κ3) is 4.84. The fourth-order valence-corrected chi connectivity index (χ4v) is 3.90. The highest BCUT2D eigenvalue weighted by atomic mass is 16.6. The first-order valence-corrected chi connectivity index (χ1v) is 11.1. The molecule has 0 atom stereocenters. The fourth-order valence-electron chi connectivity index (χ4n) is 3.90. The third-order valence-corrected chi connectivity index (χ3v) is 5.52. The van der Waals surface area contributed by atoms with Gasteiger partial charge >= 0.3 is 5.97 Å². The minimum absolute atomic E-state index is 0.0173. The van der Waals surface area contributed by atoms with Gasteiger partial charge in [-0.15, -0.1) is 0 Å². The van der Waals surface area contributed by atoms with Gasteiger partial charge in [-0.3, -0.25) is 4.79 Å². The Morgan fingerprint density at radius 1 is 1.06 bits per heavy atom. The molecule has 1 aliphatic heterocycles. The molecule has 6 heteroatoms. The van der Waals surface area contributed by atoms with Crippen molar-refractivity contribution in [1.29, 1.82) is 5.26 Å². The highest BCUT2D eigenvalue weighted by Gasteiger charge is 2.26. The van der Waals surface area contributed by atoms with Crippen molar-refractivity contribution in [3.05, 3.63) is 94.6 Å². The summed E-state index contributed by atoms with van der Waals surface area (Å²) in [6.07, 6.45) is 2.29. The number of nitriles is 1. The predicted molar refractivity (Wildman–Crippen MR) is 130 cm³/mol. The molecule has 34 heavy (non-hydrogen) atoms. The molecule has 0 bridgehead atoms. The van der Waals surface area contributed by atoms with Crippen molar-refractivity contribution in [2.45, 2.75) is 20.3 Å². The molecule has 0 fully saturated rings. The van der Waals surface area contributed by atoms with E-state index in [0.29, 0.717) is 30.0 Å². The van der Waals surface area contributed by atoms with Gasteiger partial charge in [0.2, 0.25) is 0 Å². The summed E-state index contributed by atoms with van der Waals surface area (Å²) in [5, 5.41) is 9.69. The number of aryl methyl sites for hydroxylation is 1. The SMILES string of the molecule is CCOc1cc(C=C(C#N)C(=O)N2CCc3ccccc32)ccc1OC(=O)c1cccc(C)c1. The number of amides is 1. The Balaban J connectivity index is 1.59. The van der Waals surface area contributed by atoms with Crippen LogP contribution in [-0.2, 0) is 11.2 Å². The molecule has 3 aromatic rings. The minimum atomic E-state index is -0.492. The van der Waals surface area contributed by atoms with Gasteiger partial charge in [0, 0.05) is 12.2 Å². The minimum Gasteiger partial charge on any atom is -0.490 e. The molecule has 6 nitrogen and oxygen atoms in total. The normalized spacial score (nSPS) is 12.6. The van der Waals surface area contributed by atoms with E-state index in [-0.39, 0.29) is 17.2 Å². The second-order valence-corrected chi connectivity index (χ2v) is 7.90. The van der Waals surface area contributed by atoms with E-state index >= 15 is 0 Å². The number of hydrogen-bond donors (Lipinski definition) is 0. The first kappa shape index (κ1) is 22.8. The van der Waals surface area contributed by atoms with E-state index in [1.54, 1.807) is 41.3 Å². The maximum Gasteiger partial charge on any atom is 0.343 e. The van der Waals surface area contributed by atoms with Crippen LogP contribution in [0, 0.1) is 18.3 Å². The maximum absolute atomic E-state index is 13.1. The summed E-state index contributed by atoms with van der Waals surface area (Å²) < 4.78 is 11.2. The van der Waals surface area contributed by atoms with Crippen molar-refractivity contribution in [2.75, 3.05) is 18.1 Å². The van der Waals surface area contributed by atoms with E-state index in [9.17, 15) is 14.9 Å². The zero-order valence-corrected chi connectivity index (χ0v) is 19.1. The molecule has 0 unspecified atom stereocenters. The monoisotopic (exact) mass is 452 g/mol. The van der Waals surface area contributed by atoms with Crippen LogP contribution in [-0.4, -0.2) is 25.0 Å². The molecular formula is C28H24N2O4. The van der Waals surface area contributed by atoms with E-state index in [1.165, 1.54) is 6.08 Å². The smallest absolute Gasteiger partial charge is 0.343 e. The molecule has 1 aliphatic rings. The highest BCUT2D eigenvalue weighted by Crippen LogP contribution is 2.32. The van der Waals surface area contributed by atoms with Gasteiger partial charge in [0.25, 0.3) is 5.91 Å². The number of rotatable bonds is 6. The zero-order valence-electron chi connectivity index (χ0n) is 19.1. The maximum atomic E-state index is 13.1. The quantitative estimate of drug-likeness (QED) is 0.225. The first-order valence-electron chi connectivity index (χ1n) is 11.1. The zero-order chi connectivity index (χ0) is 24.1. The summed E-state index contributed by atoms with van der Waals surface area (Å²) in [5.74, 6) is -0.216. The van der Waals surface area contributed by atoms with Gasteiger partial charge in [0.05, 0.1) is 12.2 Å². The Morgan fingerprint density at radius 2 is 1.88 bits per heavy atom. The highest BCUT2D eigenvalue weighted by molar-refractivity contribution is 6.12. The molecule has 0 saturated heterocycles. The lowest BCUT2D eigenvalue weighted by atomic mass is 10.1. The Morgan fingerprint density at radius 3 is 2.65 bits per heavy atom. The Labute approximate surface area is 198 Å². The number of esters is 1. The van der Waals surface area contributed by atoms with Crippen LogP contribution in [0.5, 0.6) is 11.5 Å². The second kappa shape index (κ2) is 10.1. The third-order valence-electron chi connectivity index (χ3n) is 5.52. The molecule has 3 aromatic carbocycles. The van der Waals surface area contributed by atoms with Crippen molar-refractivity contribution in [3.63, 3.8) is 0 Å². The van der Waals surface area contributed by atoms with E-state index in [1.807, 2.05) is 50.2 Å². The average molecular weight is 453 g/mol. The van der Waals surface area contributed by atoms with Crippen LogP contribution in [0.25, 0.3) is 6.08 Å². The number of benzene rings is 3. The summed E-state index contributed by atoms with van der Waals surface area (Å²) in [4.78, 5) is 27.3. The topological polar surface area (TPSA) is 79.6 Å². The fraction of sp³-hybridized carbons (Fsp3) is 0.179. The van der Waals surface area contributed by atoms with Crippen LogP contribution in [0.2, 0.25) is 0 Å². The molecular weight excluding hydrogens is 428 g/mol. The van der Waals surface area contributed by atoms with Crippen molar-refractivity contribution < 1.29 is 19.1 Å². The summed E-state index contributed by atoms with van der Waals surface area (Å²) in [7, 11) is 0. The molecule has 0 saturated carbocycles. The molecule has 0 aromatic heterocycles. The molecule has 0 spiro atoms. The van der Waals surface area contributed by atoms with Gasteiger partial charge in [-0.05, 0) is 67.8 Å². The van der Waals surface area contributed by atoms with Crippen molar-refractivity contribution >= 4 is 23.6 Å². The van der Waals surface area contributed by atoms with Gasteiger partial charge in [-0.2, -0.15) is 5.26 Å². The first-order chi connectivity index (χ1) is 16.5. The molecule has 1 amide bonds. The Kier molecular flexibility index (Phi) is 6.74. The van der Waals surface area contributed by atoms with Gasteiger partial charge in [0.15, 0.2) is 11.5 Å². The largest absolute Gasteiger partial charge is 0.490 e. The molecule has 4 rings (SSSR count). The van der Waals surface area contributed by atoms with Crippen LogP contribution in [0.3, 0.4) is 0 Å². The van der Waals surface area contributed by atoms with Crippen molar-refractivity contribution in [1.82, 2.24) is 0 Å². The Bertz CT molecular complexity index is 1320. The molecule has 0 radical (unpaired) electrons. The van der Waals surface area contributed by atoms with Crippen LogP contribution < -0.4 is 14.4 Å². The number of carbonyl (C=O) groups excluding carboxylic acids is 2. The molecule has 0 N–H and O–H groups in total. The number of ether oxygens (including phenoxy) is 2. The summed E-state index contributed by atoms with van der Waals surface area (Å²) >= 11 is 0. The van der Waals surface area contributed by atoms with E-state index in [0.717, 1.165) is 23.2 Å². The van der Waals surface area contributed by atoms with E-state index < -0.39 is 5.97 Å². The van der Waals surface area contributed by atoms with Gasteiger partial charge in [-0.25, -0.2) is 4.79 Å². The summed E-state index contributed by atoms with van der Waals surface area (Å²) in [6.45, 7) is 4.62. The van der Waals surface area contributed by atoms with Gasteiger partial charge in [-0.1, -0.05) is 42.0 Å². The van der Waals surface area contributed by atoms with Crippen LogP contribution >= 0.6 is 0 Å². The molecule has 1 heterocycles. The number of carbonyl (C=O) groups is 2. The summed E-state index contributed by atoms with van der Waals surface area (Å²) in [5.41, 5.74) is 3.93. The second-order valence-electron chi connectivity index (χ2n) is 7.90. The summed E-state index contributed by atoms with van der Waals surface area (Å²) in [6, 6.07) is 21.8. The number of anilines is 1. The van der Waals surface area contributed by atoms with Gasteiger partial charge < -0.3 is 14.4 Å². The Hall–Kier alpha value is -4.37. The lowest BCUT2D eigenvalue weighted by molar-refractivity contribution is -0.114. The van der Waals surface area contributed by atoms with Crippen LogP contribution in [0.15, 0.2) is 72.3 Å².